The number of hydrogen-bond acceptors (Lipinski definition) is 4. The number of methoxy groups -OCH3 is 1. The third-order valence-corrected chi connectivity index (χ3v) is 3.00. The highest BCUT2D eigenvalue weighted by atomic mass is 16.5. The number of anilines is 1. The number of aromatic nitrogens is 1. The van der Waals surface area contributed by atoms with E-state index in [-0.39, 0.29) is 17.1 Å². The summed E-state index contributed by atoms with van der Waals surface area (Å²) < 4.78 is 6.86. The second-order valence-corrected chi connectivity index (χ2v) is 4.14. The molecular formula is C13H15N3O3. The lowest BCUT2D eigenvalue weighted by Crippen LogP contribution is -2.12. The van der Waals surface area contributed by atoms with E-state index in [0.29, 0.717) is 17.0 Å². The summed E-state index contributed by atoms with van der Waals surface area (Å²) in [4.78, 5) is 11.3. The summed E-state index contributed by atoms with van der Waals surface area (Å²) in [5.41, 5.74) is 12.6. The fraction of sp³-hybridized carbons (Fsp3) is 0.154. The first kappa shape index (κ1) is 12.8. The van der Waals surface area contributed by atoms with E-state index in [1.807, 2.05) is 0 Å². The lowest BCUT2D eigenvalue weighted by Gasteiger charge is -2.10. The van der Waals surface area contributed by atoms with Gasteiger partial charge in [-0.3, -0.25) is 4.79 Å². The molecule has 0 fully saturated rings. The lowest BCUT2D eigenvalue weighted by atomic mass is 10.1. The predicted octanol–water partition coefficient (Wildman–Crippen LogP) is 1.09. The zero-order chi connectivity index (χ0) is 14.2. The van der Waals surface area contributed by atoms with Gasteiger partial charge in [-0.15, -0.1) is 0 Å². The van der Waals surface area contributed by atoms with Crippen molar-refractivity contribution in [3.05, 3.63) is 29.8 Å². The molecule has 0 aliphatic heterocycles. The number of aromatic hydroxyl groups is 1. The minimum Gasteiger partial charge on any atom is -0.508 e. The summed E-state index contributed by atoms with van der Waals surface area (Å²) in [7, 11) is 3.23. The molecule has 5 N–H and O–H groups in total. The number of rotatable bonds is 3. The van der Waals surface area contributed by atoms with E-state index < -0.39 is 5.91 Å². The third-order valence-electron chi connectivity index (χ3n) is 3.00. The van der Waals surface area contributed by atoms with E-state index in [0.717, 1.165) is 0 Å². The minimum absolute atomic E-state index is 0.0937. The van der Waals surface area contributed by atoms with Gasteiger partial charge in [-0.05, 0) is 24.3 Å². The van der Waals surface area contributed by atoms with Gasteiger partial charge in [0.2, 0.25) is 0 Å². The molecule has 2 rings (SSSR count). The largest absolute Gasteiger partial charge is 0.508 e. The van der Waals surface area contributed by atoms with Gasteiger partial charge >= 0.3 is 0 Å². The molecule has 6 nitrogen and oxygen atoms in total. The number of nitrogens with zero attached hydrogens (tertiary/aromatic N) is 1. The Morgan fingerprint density at radius 2 is 2.05 bits per heavy atom. The first-order valence-corrected chi connectivity index (χ1v) is 5.58. The second-order valence-electron chi connectivity index (χ2n) is 4.14. The van der Waals surface area contributed by atoms with E-state index in [9.17, 15) is 9.90 Å². The molecule has 0 unspecified atom stereocenters. The summed E-state index contributed by atoms with van der Waals surface area (Å²) in [5.74, 6) is 0.331. The van der Waals surface area contributed by atoms with Crippen LogP contribution in [-0.4, -0.2) is 22.7 Å². The molecule has 19 heavy (non-hydrogen) atoms. The Bertz CT molecular complexity index is 647. The Morgan fingerprint density at radius 1 is 1.37 bits per heavy atom. The Labute approximate surface area is 110 Å². The molecule has 0 saturated heterocycles. The van der Waals surface area contributed by atoms with Crippen LogP contribution < -0.4 is 16.2 Å². The molecule has 0 radical (unpaired) electrons. The normalized spacial score (nSPS) is 10.4. The van der Waals surface area contributed by atoms with Crippen LogP contribution in [0.4, 0.5) is 5.82 Å². The summed E-state index contributed by atoms with van der Waals surface area (Å²) in [6.07, 6.45) is 0. The molecule has 1 amide bonds. The second kappa shape index (κ2) is 4.56. The monoisotopic (exact) mass is 261 g/mol. The number of nitrogen functional groups attached to an aromatic ring is 1. The SMILES string of the molecule is COc1ccc(O)cc1-c1cc(C(N)=O)c(N)n1C. The third kappa shape index (κ3) is 2.08. The van der Waals surface area contributed by atoms with Crippen molar-refractivity contribution < 1.29 is 14.6 Å². The Morgan fingerprint density at radius 3 is 2.58 bits per heavy atom. The molecule has 2 aromatic rings. The van der Waals surface area contributed by atoms with Crippen LogP contribution in [0.15, 0.2) is 24.3 Å². The molecule has 0 spiro atoms. The van der Waals surface area contributed by atoms with E-state index >= 15 is 0 Å². The zero-order valence-corrected chi connectivity index (χ0v) is 10.7. The van der Waals surface area contributed by atoms with Gasteiger partial charge in [0.1, 0.15) is 17.3 Å². The van der Waals surface area contributed by atoms with Crippen molar-refractivity contribution in [3.8, 4) is 22.8 Å². The number of phenols is 1. The number of carbonyl (C=O) groups is 1. The van der Waals surface area contributed by atoms with Crippen molar-refractivity contribution in [2.75, 3.05) is 12.8 Å². The maximum absolute atomic E-state index is 11.3. The van der Waals surface area contributed by atoms with Crippen LogP contribution >= 0.6 is 0 Å². The van der Waals surface area contributed by atoms with Gasteiger partial charge in [-0.1, -0.05) is 0 Å². The maximum atomic E-state index is 11.3. The lowest BCUT2D eigenvalue weighted by molar-refractivity contribution is 0.100. The highest BCUT2D eigenvalue weighted by molar-refractivity contribution is 5.99. The van der Waals surface area contributed by atoms with Gasteiger partial charge < -0.3 is 25.9 Å². The van der Waals surface area contributed by atoms with Gasteiger partial charge in [0.15, 0.2) is 0 Å². The highest BCUT2D eigenvalue weighted by Gasteiger charge is 2.18. The van der Waals surface area contributed by atoms with E-state index in [2.05, 4.69) is 0 Å². The quantitative estimate of drug-likeness (QED) is 0.769. The van der Waals surface area contributed by atoms with E-state index in [1.165, 1.54) is 13.2 Å². The zero-order valence-electron chi connectivity index (χ0n) is 10.7. The number of carbonyl (C=O) groups excluding carboxylic acids is 1. The first-order chi connectivity index (χ1) is 8.95. The Balaban J connectivity index is 2.69. The van der Waals surface area contributed by atoms with Gasteiger partial charge in [-0.25, -0.2) is 0 Å². The summed E-state index contributed by atoms with van der Waals surface area (Å²) in [6, 6.07) is 6.27. The van der Waals surface area contributed by atoms with Crippen molar-refractivity contribution in [2.45, 2.75) is 0 Å². The van der Waals surface area contributed by atoms with Crippen molar-refractivity contribution >= 4 is 11.7 Å². The molecule has 1 aromatic carbocycles. The van der Waals surface area contributed by atoms with E-state index in [1.54, 1.807) is 29.8 Å². The topological polar surface area (TPSA) is 104 Å². The average Bonchev–Trinajstić information content (AvgIpc) is 2.66. The number of ether oxygens (including phenoxy) is 1. The van der Waals surface area contributed by atoms with Gasteiger partial charge in [0.05, 0.1) is 18.4 Å². The first-order valence-electron chi connectivity index (χ1n) is 5.58. The molecule has 0 aliphatic carbocycles. The van der Waals surface area contributed by atoms with Crippen LogP contribution in [0.1, 0.15) is 10.4 Å². The van der Waals surface area contributed by atoms with Crippen molar-refractivity contribution in [1.29, 1.82) is 0 Å². The number of phenolic OH excluding ortho intramolecular Hbond substituents is 1. The fourth-order valence-electron chi connectivity index (χ4n) is 1.97. The van der Waals surface area contributed by atoms with Crippen LogP contribution in [0.25, 0.3) is 11.3 Å². The summed E-state index contributed by atoms with van der Waals surface area (Å²) in [6.45, 7) is 0. The smallest absolute Gasteiger partial charge is 0.252 e. The molecule has 1 heterocycles. The molecule has 0 saturated carbocycles. The average molecular weight is 261 g/mol. The minimum atomic E-state index is -0.599. The molecular weight excluding hydrogens is 246 g/mol. The number of amides is 1. The molecule has 0 atom stereocenters. The number of hydrogen-bond donors (Lipinski definition) is 3. The van der Waals surface area contributed by atoms with Crippen LogP contribution in [-0.2, 0) is 7.05 Å². The predicted molar refractivity (Wildman–Crippen MR) is 72.0 cm³/mol. The van der Waals surface area contributed by atoms with Gasteiger partial charge in [-0.2, -0.15) is 0 Å². The highest BCUT2D eigenvalue weighted by Crippen LogP contribution is 2.35. The van der Waals surface area contributed by atoms with Crippen molar-refractivity contribution in [3.63, 3.8) is 0 Å². The van der Waals surface area contributed by atoms with Crippen LogP contribution in [0, 0.1) is 0 Å². The number of benzene rings is 1. The van der Waals surface area contributed by atoms with Gasteiger partial charge in [0.25, 0.3) is 5.91 Å². The molecule has 1 aromatic heterocycles. The molecule has 6 heteroatoms. The van der Waals surface area contributed by atoms with Crippen molar-refractivity contribution in [1.82, 2.24) is 4.57 Å². The van der Waals surface area contributed by atoms with Crippen LogP contribution in [0.2, 0.25) is 0 Å². The number of nitrogens with two attached hydrogens (primary N) is 2. The van der Waals surface area contributed by atoms with Crippen LogP contribution in [0.5, 0.6) is 11.5 Å². The Hall–Kier alpha value is -2.63. The standard InChI is InChI=1S/C13H15N3O3/c1-16-10(6-9(12(16)14)13(15)18)8-5-7(17)3-4-11(8)19-2/h3-6,17H,14H2,1-2H3,(H2,15,18). The molecule has 0 bridgehead atoms. The van der Waals surface area contributed by atoms with Crippen LogP contribution in [0.3, 0.4) is 0 Å². The Kier molecular flexibility index (Phi) is 3.08. The number of primary amides is 1. The van der Waals surface area contributed by atoms with E-state index in [4.69, 9.17) is 16.2 Å². The van der Waals surface area contributed by atoms with Gasteiger partial charge in [0, 0.05) is 12.6 Å². The molecule has 0 aliphatic rings. The summed E-state index contributed by atoms with van der Waals surface area (Å²) >= 11 is 0. The van der Waals surface area contributed by atoms with Crippen molar-refractivity contribution in [2.24, 2.45) is 12.8 Å². The molecule has 100 valence electrons. The summed E-state index contributed by atoms with van der Waals surface area (Å²) in [5, 5.41) is 9.58. The maximum Gasteiger partial charge on any atom is 0.252 e. The fourth-order valence-corrected chi connectivity index (χ4v) is 1.97.